The molecule has 0 fully saturated rings. The van der Waals surface area contributed by atoms with E-state index in [1.54, 1.807) is 0 Å². The molecular weight excluding hydrogens is 219 g/mol. The van der Waals surface area contributed by atoms with Gasteiger partial charge in [-0.05, 0) is 11.8 Å². The van der Waals surface area contributed by atoms with Crippen LogP contribution >= 0.6 is 6.72 Å². The lowest BCUT2D eigenvalue weighted by atomic mass is 10.8. The van der Waals surface area contributed by atoms with Gasteiger partial charge in [0.1, 0.15) is 19.8 Å². The smallest absolute Gasteiger partial charge is 0.296 e. The van der Waals surface area contributed by atoms with Crippen LogP contribution in [-0.4, -0.2) is 19.8 Å². The van der Waals surface area contributed by atoms with Gasteiger partial charge in [0.15, 0.2) is 0 Å². The van der Waals surface area contributed by atoms with E-state index in [1.165, 1.54) is 0 Å². The molecule has 0 rings (SSSR count). The Hall–Kier alpha value is -0.790. The maximum absolute atomic E-state index is 5.04. The molecule has 14 heavy (non-hydrogen) atoms. The third-order valence-electron chi connectivity index (χ3n) is 0.918. The third-order valence-corrected chi connectivity index (χ3v) is 3.20. The van der Waals surface area contributed by atoms with E-state index in [0.29, 0.717) is 0 Å². The van der Waals surface area contributed by atoms with E-state index in [1.807, 2.05) is 0 Å². The largest absolute Gasteiger partial charge is 0.329 e. The first-order valence-electron chi connectivity index (χ1n) is 3.52. The zero-order valence-corrected chi connectivity index (χ0v) is 9.14. The Bertz CT molecular complexity index is 279. The fraction of sp³-hybridized carbons (Fsp3) is 0.333. The van der Waals surface area contributed by atoms with Gasteiger partial charge in [0, 0.05) is 0 Å². The van der Waals surface area contributed by atoms with E-state index >= 15 is 0 Å². The zero-order chi connectivity index (χ0) is 10.9. The van der Waals surface area contributed by atoms with Crippen molar-refractivity contribution in [2.45, 2.75) is 0 Å². The third kappa shape index (κ3) is 5.79. The highest BCUT2D eigenvalue weighted by Gasteiger charge is 2.19. The van der Waals surface area contributed by atoms with Gasteiger partial charge in [-0.2, -0.15) is 0 Å². The maximum Gasteiger partial charge on any atom is 0.329 e. The van der Waals surface area contributed by atoms with Crippen LogP contribution in [0.3, 0.4) is 0 Å². The minimum atomic E-state index is -2.86. The molecule has 0 saturated heterocycles. The topological polar surface area (TPSA) is 27.7 Å². The SMILES string of the molecule is C#CCOP(=S)(OCC#C)OCC#C. The van der Waals surface area contributed by atoms with Crippen LogP contribution in [0.15, 0.2) is 0 Å². The van der Waals surface area contributed by atoms with Crippen LogP contribution in [-0.2, 0) is 25.4 Å². The van der Waals surface area contributed by atoms with Crippen molar-refractivity contribution in [3.63, 3.8) is 0 Å². The summed E-state index contributed by atoms with van der Waals surface area (Å²) in [5, 5.41) is 0. The first kappa shape index (κ1) is 13.2. The first-order chi connectivity index (χ1) is 6.68. The number of terminal acetylenes is 3. The van der Waals surface area contributed by atoms with Crippen molar-refractivity contribution in [1.29, 1.82) is 0 Å². The zero-order valence-electron chi connectivity index (χ0n) is 7.43. The average Bonchev–Trinajstić information content (AvgIpc) is 2.21. The van der Waals surface area contributed by atoms with Crippen molar-refractivity contribution in [2.75, 3.05) is 19.8 Å². The molecule has 0 amide bonds. The molecule has 0 aliphatic rings. The molecule has 0 aromatic carbocycles. The quantitative estimate of drug-likeness (QED) is 0.503. The Morgan fingerprint density at radius 3 is 1.36 bits per heavy atom. The summed E-state index contributed by atoms with van der Waals surface area (Å²) in [5.41, 5.74) is 0. The summed E-state index contributed by atoms with van der Waals surface area (Å²) in [4.78, 5) is 0. The summed E-state index contributed by atoms with van der Waals surface area (Å²) in [5.74, 6) is 6.76. The normalized spacial score (nSPS) is 9.79. The predicted octanol–water partition coefficient (Wildman–Crippen LogP) is 1.16. The summed E-state index contributed by atoms with van der Waals surface area (Å²) in [6, 6.07) is 0. The van der Waals surface area contributed by atoms with Gasteiger partial charge in [-0.15, -0.1) is 19.3 Å². The van der Waals surface area contributed by atoms with E-state index < -0.39 is 6.72 Å². The van der Waals surface area contributed by atoms with Gasteiger partial charge >= 0.3 is 6.72 Å². The van der Waals surface area contributed by atoms with E-state index in [-0.39, 0.29) is 19.8 Å². The molecule has 5 heteroatoms. The van der Waals surface area contributed by atoms with Crippen molar-refractivity contribution in [3.8, 4) is 37.0 Å². The molecule has 0 radical (unpaired) electrons. The Morgan fingerprint density at radius 1 is 0.857 bits per heavy atom. The number of rotatable bonds is 6. The highest BCUT2D eigenvalue weighted by molar-refractivity contribution is 8.07. The van der Waals surface area contributed by atoms with Crippen molar-refractivity contribution < 1.29 is 13.6 Å². The second-order valence-corrected chi connectivity index (χ2v) is 4.89. The molecule has 0 spiro atoms. The van der Waals surface area contributed by atoms with Crippen LogP contribution in [0.1, 0.15) is 0 Å². The van der Waals surface area contributed by atoms with Crippen molar-refractivity contribution in [3.05, 3.63) is 0 Å². The summed E-state index contributed by atoms with van der Waals surface area (Å²) < 4.78 is 15.1. The Kier molecular flexibility index (Phi) is 7.17. The molecule has 0 unspecified atom stereocenters. The second kappa shape index (κ2) is 7.60. The lowest BCUT2D eigenvalue weighted by Crippen LogP contribution is -2.01. The second-order valence-electron chi connectivity index (χ2n) is 1.88. The standard InChI is InChI=1S/C9H9O3PS/c1-4-7-10-13(14,11-8-5-2)12-9-6-3/h1-3H,7-9H2. The van der Waals surface area contributed by atoms with Crippen LogP contribution in [0.25, 0.3) is 0 Å². The van der Waals surface area contributed by atoms with Crippen LogP contribution < -0.4 is 0 Å². The van der Waals surface area contributed by atoms with Crippen LogP contribution in [0, 0.1) is 37.0 Å². The molecule has 0 heterocycles. The highest BCUT2D eigenvalue weighted by atomic mass is 32.5. The van der Waals surface area contributed by atoms with Crippen LogP contribution in [0.5, 0.6) is 0 Å². The summed E-state index contributed by atoms with van der Waals surface area (Å²) in [6.45, 7) is -2.84. The number of hydrogen-bond donors (Lipinski definition) is 0. The van der Waals surface area contributed by atoms with Gasteiger partial charge in [-0.1, -0.05) is 17.8 Å². The molecule has 74 valence electrons. The van der Waals surface area contributed by atoms with Crippen LogP contribution in [0.2, 0.25) is 0 Å². The van der Waals surface area contributed by atoms with Crippen LogP contribution in [0.4, 0.5) is 0 Å². The average molecular weight is 228 g/mol. The molecule has 0 aromatic rings. The van der Waals surface area contributed by atoms with Crippen molar-refractivity contribution >= 4 is 18.5 Å². The lowest BCUT2D eigenvalue weighted by Gasteiger charge is -2.18. The fourth-order valence-corrected chi connectivity index (χ4v) is 1.86. The monoisotopic (exact) mass is 228 g/mol. The molecule has 0 aliphatic heterocycles. The van der Waals surface area contributed by atoms with Crippen molar-refractivity contribution in [1.82, 2.24) is 0 Å². The van der Waals surface area contributed by atoms with E-state index in [2.05, 4.69) is 17.8 Å². The fourth-order valence-electron chi connectivity index (χ4n) is 0.461. The van der Waals surface area contributed by atoms with Gasteiger partial charge in [-0.25, -0.2) is 0 Å². The Morgan fingerprint density at radius 2 is 1.14 bits per heavy atom. The molecule has 0 aromatic heterocycles. The van der Waals surface area contributed by atoms with E-state index in [4.69, 9.17) is 44.6 Å². The van der Waals surface area contributed by atoms with Gasteiger partial charge in [0.2, 0.25) is 0 Å². The maximum atomic E-state index is 5.04. The molecule has 3 nitrogen and oxygen atoms in total. The molecule has 0 atom stereocenters. The molecule has 0 saturated carbocycles. The molecule has 0 aliphatic carbocycles. The summed E-state index contributed by atoms with van der Waals surface area (Å²) >= 11 is 4.96. The number of hydrogen-bond acceptors (Lipinski definition) is 4. The predicted molar refractivity (Wildman–Crippen MR) is 58.6 cm³/mol. The van der Waals surface area contributed by atoms with E-state index in [0.717, 1.165) is 0 Å². The van der Waals surface area contributed by atoms with Gasteiger partial charge in [0.25, 0.3) is 0 Å². The summed E-state index contributed by atoms with van der Waals surface area (Å²) in [6.07, 6.45) is 15.0. The first-order valence-corrected chi connectivity index (χ1v) is 6.08. The minimum Gasteiger partial charge on any atom is -0.296 e. The Labute approximate surface area is 89.4 Å². The lowest BCUT2D eigenvalue weighted by molar-refractivity contribution is 0.197. The molecule has 0 N–H and O–H groups in total. The minimum absolute atomic E-state index is 0.00637. The van der Waals surface area contributed by atoms with Gasteiger partial charge in [-0.3, -0.25) is 13.6 Å². The van der Waals surface area contributed by atoms with Gasteiger partial charge in [0.05, 0.1) is 0 Å². The highest BCUT2D eigenvalue weighted by Crippen LogP contribution is 2.49. The Balaban J connectivity index is 4.22. The van der Waals surface area contributed by atoms with Crippen molar-refractivity contribution in [2.24, 2.45) is 0 Å². The van der Waals surface area contributed by atoms with E-state index in [9.17, 15) is 0 Å². The molecule has 0 bridgehead atoms. The molecular formula is C9H9O3PS. The van der Waals surface area contributed by atoms with Gasteiger partial charge < -0.3 is 0 Å². The summed E-state index contributed by atoms with van der Waals surface area (Å²) in [7, 11) is 0.